The van der Waals surface area contributed by atoms with Gasteiger partial charge in [-0.2, -0.15) is 0 Å². The molecule has 0 fully saturated rings. The summed E-state index contributed by atoms with van der Waals surface area (Å²) in [5.41, 5.74) is 6.65. The highest BCUT2D eigenvalue weighted by Gasteiger charge is 2.11. The van der Waals surface area contributed by atoms with E-state index in [-0.39, 0.29) is 6.04 Å². The number of nitrogens with two attached hydrogens (primary N) is 1. The average Bonchev–Trinajstić information content (AvgIpc) is 2.47. The van der Waals surface area contributed by atoms with Crippen molar-refractivity contribution in [2.45, 2.75) is 32.2 Å². The highest BCUT2D eigenvalue weighted by atomic mass is 35.5. The molecule has 0 heterocycles. The van der Waals surface area contributed by atoms with Gasteiger partial charge in [0, 0.05) is 11.1 Å². The molecule has 2 nitrogen and oxygen atoms in total. The number of rotatable bonds is 5. The maximum atomic E-state index is 5.91. The van der Waals surface area contributed by atoms with Crippen molar-refractivity contribution < 1.29 is 0 Å². The second-order valence-electron chi connectivity index (χ2n) is 5.37. The molecule has 1 unspecified atom stereocenters. The molecular formula is C17H21ClN2. The van der Waals surface area contributed by atoms with E-state index >= 15 is 0 Å². The Morgan fingerprint density at radius 2 is 1.50 bits per heavy atom. The van der Waals surface area contributed by atoms with E-state index in [4.69, 9.17) is 17.4 Å². The maximum absolute atomic E-state index is 5.91. The van der Waals surface area contributed by atoms with Crippen LogP contribution >= 0.6 is 11.6 Å². The highest BCUT2D eigenvalue weighted by molar-refractivity contribution is 6.30. The first kappa shape index (κ1) is 15.0. The normalized spacial score (nSPS) is 12.7. The highest BCUT2D eigenvalue weighted by Crippen LogP contribution is 2.22. The fraction of sp³-hybridized carbons (Fsp3) is 0.294. The van der Waals surface area contributed by atoms with E-state index in [9.17, 15) is 0 Å². The van der Waals surface area contributed by atoms with Gasteiger partial charge >= 0.3 is 0 Å². The van der Waals surface area contributed by atoms with Crippen LogP contribution in [-0.2, 0) is 6.42 Å². The molecular weight excluding hydrogens is 268 g/mol. The second kappa shape index (κ2) is 6.89. The third-order valence-corrected chi connectivity index (χ3v) is 3.81. The van der Waals surface area contributed by atoms with Crippen LogP contribution in [0, 0.1) is 0 Å². The Labute approximate surface area is 125 Å². The molecule has 0 saturated carbocycles. The van der Waals surface area contributed by atoms with Gasteiger partial charge in [0.25, 0.3) is 0 Å². The van der Waals surface area contributed by atoms with E-state index in [0.717, 1.165) is 11.4 Å². The molecule has 20 heavy (non-hydrogen) atoms. The standard InChI is InChI=1S/C17H21ClN2/c1-12(2)14-5-7-15(8-6-14)17(20-19)11-13-3-9-16(18)10-4-13/h3-10,12,17,20H,11,19H2,1-2H3. The molecule has 0 spiro atoms. The summed E-state index contributed by atoms with van der Waals surface area (Å²) in [4.78, 5) is 0. The Balaban J connectivity index is 2.13. The van der Waals surface area contributed by atoms with E-state index in [0.29, 0.717) is 5.92 Å². The van der Waals surface area contributed by atoms with Gasteiger partial charge in [-0.25, -0.2) is 0 Å². The first-order chi connectivity index (χ1) is 9.60. The Morgan fingerprint density at radius 3 is 2.00 bits per heavy atom. The summed E-state index contributed by atoms with van der Waals surface area (Å²) in [6, 6.07) is 16.6. The van der Waals surface area contributed by atoms with E-state index in [1.807, 2.05) is 24.3 Å². The molecule has 0 aromatic heterocycles. The van der Waals surface area contributed by atoms with Crippen molar-refractivity contribution in [3.8, 4) is 0 Å². The minimum atomic E-state index is 0.109. The number of hydrazine groups is 1. The van der Waals surface area contributed by atoms with Crippen LogP contribution in [0.4, 0.5) is 0 Å². The smallest absolute Gasteiger partial charge is 0.0500 e. The van der Waals surface area contributed by atoms with Crippen LogP contribution in [0.15, 0.2) is 48.5 Å². The predicted molar refractivity (Wildman–Crippen MR) is 85.8 cm³/mol. The maximum Gasteiger partial charge on any atom is 0.0500 e. The molecule has 3 N–H and O–H groups in total. The van der Waals surface area contributed by atoms with E-state index in [2.05, 4.69) is 43.5 Å². The van der Waals surface area contributed by atoms with Gasteiger partial charge in [-0.1, -0.05) is 61.8 Å². The molecule has 106 valence electrons. The largest absolute Gasteiger partial charge is 0.271 e. The van der Waals surface area contributed by atoms with E-state index in [1.165, 1.54) is 16.7 Å². The van der Waals surface area contributed by atoms with Crippen molar-refractivity contribution in [2.24, 2.45) is 5.84 Å². The summed E-state index contributed by atoms with van der Waals surface area (Å²) in [7, 11) is 0. The fourth-order valence-electron chi connectivity index (χ4n) is 2.24. The first-order valence-electron chi connectivity index (χ1n) is 6.90. The molecule has 2 rings (SSSR count). The summed E-state index contributed by atoms with van der Waals surface area (Å²) in [5, 5.41) is 0.757. The van der Waals surface area contributed by atoms with Gasteiger partial charge in [0.2, 0.25) is 0 Å². The third-order valence-electron chi connectivity index (χ3n) is 3.56. The minimum absolute atomic E-state index is 0.109. The molecule has 0 saturated heterocycles. The molecule has 1 atom stereocenters. The summed E-state index contributed by atoms with van der Waals surface area (Å²) >= 11 is 5.91. The number of nitrogens with one attached hydrogen (secondary N) is 1. The van der Waals surface area contributed by atoms with Gasteiger partial charge in [-0.15, -0.1) is 0 Å². The molecule has 0 aliphatic rings. The van der Waals surface area contributed by atoms with Crippen LogP contribution in [-0.4, -0.2) is 0 Å². The van der Waals surface area contributed by atoms with Crippen molar-refractivity contribution in [1.82, 2.24) is 5.43 Å². The fourth-order valence-corrected chi connectivity index (χ4v) is 2.37. The van der Waals surface area contributed by atoms with Gasteiger partial charge in [-0.3, -0.25) is 11.3 Å². The molecule has 2 aromatic rings. The van der Waals surface area contributed by atoms with Crippen LogP contribution in [0.25, 0.3) is 0 Å². The van der Waals surface area contributed by atoms with Crippen molar-refractivity contribution >= 4 is 11.6 Å². The third kappa shape index (κ3) is 3.83. The van der Waals surface area contributed by atoms with Gasteiger partial charge in [-0.05, 0) is 41.2 Å². The van der Waals surface area contributed by atoms with Crippen molar-refractivity contribution in [2.75, 3.05) is 0 Å². The van der Waals surface area contributed by atoms with Crippen molar-refractivity contribution in [1.29, 1.82) is 0 Å². The SMILES string of the molecule is CC(C)c1ccc(C(Cc2ccc(Cl)cc2)NN)cc1. The number of hydrogen-bond acceptors (Lipinski definition) is 2. The topological polar surface area (TPSA) is 38.0 Å². The van der Waals surface area contributed by atoms with Crippen LogP contribution in [0.2, 0.25) is 5.02 Å². The van der Waals surface area contributed by atoms with Crippen LogP contribution in [0.5, 0.6) is 0 Å². The Hall–Kier alpha value is -1.35. The second-order valence-corrected chi connectivity index (χ2v) is 5.81. The van der Waals surface area contributed by atoms with E-state index < -0.39 is 0 Å². The lowest BCUT2D eigenvalue weighted by molar-refractivity contribution is 0.551. The van der Waals surface area contributed by atoms with Crippen LogP contribution in [0.1, 0.15) is 42.5 Å². The Morgan fingerprint density at radius 1 is 0.950 bits per heavy atom. The Bertz CT molecular complexity index is 532. The van der Waals surface area contributed by atoms with Crippen molar-refractivity contribution in [3.63, 3.8) is 0 Å². The summed E-state index contributed by atoms with van der Waals surface area (Å²) < 4.78 is 0. The van der Waals surface area contributed by atoms with Crippen LogP contribution < -0.4 is 11.3 Å². The molecule has 2 aromatic carbocycles. The zero-order valence-electron chi connectivity index (χ0n) is 11.9. The van der Waals surface area contributed by atoms with Gasteiger partial charge < -0.3 is 0 Å². The molecule has 3 heteroatoms. The number of hydrogen-bond donors (Lipinski definition) is 2. The molecule has 0 aliphatic heterocycles. The van der Waals surface area contributed by atoms with Crippen LogP contribution in [0.3, 0.4) is 0 Å². The number of benzene rings is 2. The van der Waals surface area contributed by atoms with Crippen molar-refractivity contribution in [3.05, 3.63) is 70.2 Å². The quantitative estimate of drug-likeness (QED) is 0.639. The lowest BCUT2D eigenvalue weighted by atomic mass is 9.96. The van der Waals surface area contributed by atoms with Gasteiger partial charge in [0.15, 0.2) is 0 Å². The zero-order chi connectivity index (χ0) is 14.5. The molecule has 0 aliphatic carbocycles. The summed E-state index contributed by atoms with van der Waals surface area (Å²) in [6.07, 6.45) is 0.842. The lowest BCUT2D eigenvalue weighted by Crippen LogP contribution is -2.29. The monoisotopic (exact) mass is 288 g/mol. The van der Waals surface area contributed by atoms with Gasteiger partial charge in [0.05, 0.1) is 0 Å². The molecule has 0 amide bonds. The Kier molecular flexibility index (Phi) is 5.18. The average molecular weight is 289 g/mol. The molecule has 0 bridgehead atoms. The first-order valence-corrected chi connectivity index (χ1v) is 7.28. The van der Waals surface area contributed by atoms with E-state index in [1.54, 1.807) is 0 Å². The molecule has 0 radical (unpaired) electrons. The minimum Gasteiger partial charge on any atom is -0.271 e. The lowest BCUT2D eigenvalue weighted by Gasteiger charge is -2.17. The van der Waals surface area contributed by atoms with Gasteiger partial charge in [0.1, 0.15) is 0 Å². The summed E-state index contributed by atoms with van der Waals surface area (Å²) in [6.45, 7) is 4.39. The zero-order valence-corrected chi connectivity index (χ0v) is 12.7. The number of halogens is 1. The predicted octanol–water partition coefficient (Wildman–Crippen LogP) is 4.21. The summed E-state index contributed by atoms with van der Waals surface area (Å²) in [5.74, 6) is 6.25.